The van der Waals surface area contributed by atoms with Crippen molar-refractivity contribution in [2.75, 3.05) is 36.1 Å². The van der Waals surface area contributed by atoms with Crippen molar-refractivity contribution in [3.63, 3.8) is 0 Å². The summed E-state index contributed by atoms with van der Waals surface area (Å²) < 4.78 is 53.4. The SMILES string of the molecule is C.C.C.C.C.C.C.C.C.CCC(C)C(=O)Oc1cccc(N(/N=C/C2=[N+](C)C3C=CC=CC3C2(C)C)C(=O)OC(C)(C)C)c1.CCC(C)c1ccc(N(/N=C/C2(C)N(C)C3C=CC=CC3C2(C)C)C(=O)OC(C)(C)C)cc1.CCC(C)c1ccc(OC(=O)C(C#N)=Cc2ccc(N(C)C=O)cc2)cc1.F.FB(F)F. The molecule has 4 aliphatic rings. The number of allylic oxidation sites excluding steroid dienone is 4. The fourth-order valence-electron chi connectivity index (χ4n) is 11.7. The summed E-state index contributed by atoms with van der Waals surface area (Å²) in [5.74, 6) is 1.08. The number of carbonyl (C=O) groups is 5. The van der Waals surface area contributed by atoms with Crippen molar-refractivity contribution >= 4 is 79.4 Å². The molecule has 0 bridgehead atoms. The first-order valence-corrected chi connectivity index (χ1v) is 33.6. The van der Waals surface area contributed by atoms with E-state index in [1.54, 1.807) is 73.9 Å². The molecule has 4 aromatic carbocycles. The highest BCUT2D eigenvalue weighted by atomic mass is 19.4. The van der Waals surface area contributed by atoms with Crippen LogP contribution >= 0.6 is 0 Å². The number of hydrogen-bond acceptors (Lipinski definition) is 13. The second-order valence-corrected chi connectivity index (χ2v) is 28.5. The van der Waals surface area contributed by atoms with Gasteiger partial charge in [-0.2, -0.15) is 25.5 Å². The number of amides is 3. The average molecular weight is 1530 g/mol. The van der Waals surface area contributed by atoms with Gasteiger partial charge in [0.15, 0.2) is 6.04 Å². The van der Waals surface area contributed by atoms with Gasteiger partial charge in [-0.1, -0.05) is 207 Å². The van der Waals surface area contributed by atoms with Crippen molar-refractivity contribution < 1.29 is 65.1 Å². The van der Waals surface area contributed by atoms with Gasteiger partial charge in [-0.25, -0.2) is 19.0 Å². The number of rotatable bonds is 18. The van der Waals surface area contributed by atoms with Crippen LogP contribution in [-0.4, -0.2) is 116 Å². The Bertz CT molecular complexity index is 3740. The maximum Gasteiger partial charge on any atom is 0.762 e. The molecule has 0 aromatic heterocycles. The molecular formula is C87H138BF4N8O9+. The van der Waals surface area contributed by atoms with Crippen molar-refractivity contribution in [2.24, 2.45) is 38.8 Å². The van der Waals surface area contributed by atoms with E-state index < -0.39 is 36.9 Å². The molecule has 0 radical (unpaired) electrons. The molecule has 109 heavy (non-hydrogen) atoms. The number of benzene rings is 4. The molecule has 8 rings (SSSR count). The number of hydrazone groups is 2. The predicted octanol–water partition coefficient (Wildman–Crippen LogP) is 23.4. The van der Waals surface area contributed by atoms with Crippen molar-refractivity contribution in [2.45, 2.75) is 244 Å². The van der Waals surface area contributed by atoms with Gasteiger partial charge in [0.1, 0.15) is 47.6 Å². The Morgan fingerprint density at radius 2 is 1.10 bits per heavy atom. The number of likely N-dealkylation sites (tertiary alicyclic amines) is 1. The standard InChI is InChI=1S/C28H38N3O4.C28H41N3O2.C22H22N2O3.9CH4.BF3.FH/c1-9-19(2)25(32)34-21-14-12-13-20(17-21)31(26(33)35-27(3,4)5)29-18-24-28(6,7)22-15-10-11-16-23(22)30(24)8;1-10-20(2)21-15-17-22(18-16-21)31(25(32)33-26(3,4)5)29-19-28(8)27(6,7)23-13-11-12-14-24(23)30(28)9;1-4-16(2)18-7-11-21(12-8-18)27-22(26)19(14-23)13-17-5-9-20(10-6-17)24(3)15-25;;;;;;;;;;2-1(3)4;/h10-19,22-23H,9H2,1-8H3;11-20,23-24H,10H2,1-9H3;5-13,15-16H,4H2,1-3H3;9*1H4;;1H/q+1;;;;;;;;;;;;;/b;29-19+;;;;;;;;;;;;. The molecule has 1 saturated heterocycles. The molecule has 8 atom stereocenters. The van der Waals surface area contributed by atoms with Gasteiger partial charge in [-0.3, -0.25) is 32.1 Å². The summed E-state index contributed by atoms with van der Waals surface area (Å²) in [5.41, 5.74) is 3.92. The van der Waals surface area contributed by atoms with E-state index in [0.717, 1.165) is 18.6 Å². The van der Waals surface area contributed by atoms with E-state index in [1.807, 2.05) is 99.0 Å². The maximum atomic E-state index is 13.2. The summed E-state index contributed by atoms with van der Waals surface area (Å²) in [5, 5.41) is 21.3. The van der Waals surface area contributed by atoms with Crippen LogP contribution in [0.3, 0.4) is 0 Å². The van der Waals surface area contributed by atoms with Crippen LogP contribution in [-0.2, 0) is 23.9 Å². The minimum Gasteiger partial charge on any atom is -0.442 e. The molecule has 8 unspecified atom stereocenters. The van der Waals surface area contributed by atoms with E-state index in [1.165, 1.54) is 32.1 Å². The lowest BCUT2D eigenvalue weighted by molar-refractivity contribution is -0.520. The Kier molecular flexibility index (Phi) is 49.1. The smallest absolute Gasteiger partial charge is 0.442 e. The highest BCUT2D eigenvalue weighted by molar-refractivity contribution is 6.33. The molecule has 0 N–H and O–H groups in total. The molecular weight excluding hydrogens is 1390 g/mol. The van der Waals surface area contributed by atoms with E-state index in [-0.39, 0.29) is 111 Å². The average Bonchev–Trinajstić information content (AvgIpc) is 1.57. The number of carbonyl (C=O) groups excluding carboxylic acids is 5. The van der Waals surface area contributed by atoms with Crippen LogP contribution in [0.5, 0.6) is 11.5 Å². The van der Waals surface area contributed by atoms with Crippen molar-refractivity contribution in [1.29, 1.82) is 5.26 Å². The maximum absolute atomic E-state index is 13.2. The van der Waals surface area contributed by atoms with Crippen LogP contribution in [0, 0.1) is 39.9 Å². The lowest BCUT2D eigenvalue weighted by atomic mass is 9.67. The number of fused-ring (bicyclic) bond motifs is 2. The fraction of sp³-hybridized carbons (Fsp3) is 0.506. The van der Waals surface area contributed by atoms with E-state index in [4.69, 9.17) is 24.0 Å². The quantitative estimate of drug-likeness (QED) is 0.00881. The molecule has 1 fully saturated rings. The van der Waals surface area contributed by atoms with Gasteiger partial charge in [0.25, 0.3) is 0 Å². The highest BCUT2D eigenvalue weighted by Crippen LogP contribution is 2.52. The van der Waals surface area contributed by atoms with Gasteiger partial charge in [0.2, 0.25) is 12.1 Å². The first kappa shape index (κ1) is 111. The van der Waals surface area contributed by atoms with Crippen LogP contribution in [0.25, 0.3) is 6.08 Å². The first-order chi connectivity index (χ1) is 46.4. The summed E-state index contributed by atoms with van der Waals surface area (Å²) >= 11 is 0. The monoisotopic (exact) mass is 1530 g/mol. The van der Waals surface area contributed by atoms with E-state index in [2.05, 4.69) is 145 Å². The summed E-state index contributed by atoms with van der Waals surface area (Å²) in [6, 6.07) is 31.5. The van der Waals surface area contributed by atoms with Crippen molar-refractivity contribution in [3.05, 3.63) is 168 Å². The molecule has 2 aliphatic heterocycles. The van der Waals surface area contributed by atoms with E-state index in [9.17, 15) is 42.2 Å². The number of hydrogen-bond donors (Lipinski definition) is 0. The zero-order valence-corrected chi connectivity index (χ0v) is 61.7. The van der Waals surface area contributed by atoms with Crippen molar-refractivity contribution in [1.82, 2.24) is 4.90 Å². The molecule has 2 aliphatic carbocycles. The summed E-state index contributed by atoms with van der Waals surface area (Å²) in [4.78, 5) is 65.5. The molecule has 3 amide bonds. The Morgan fingerprint density at radius 3 is 1.55 bits per heavy atom. The Balaban J connectivity index is -0.000000343. The zero-order chi connectivity index (χ0) is 74.0. The third-order valence-electron chi connectivity index (χ3n) is 18.7. The van der Waals surface area contributed by atoms with Crippen LogP contribution in [0.4, 0.5) is 44.3 Å². The van der Waals surface area contributed by atoms with Gasteiger partial charge in [0.05, 0.1) is 34.2 Å². The first-order valence-electron chi connectivity index (χ1n) is 33.6. The molecule has 0 saturated carbocycles. The number of halogens is 4. The van der Waals surface area contributed by atoms with E-state index in [0.29, 0.717) is 76.7 Å². The van der Waals surface area contributed by atoms with Gasteiger partial charge in [-0.05, 0) is 183 Å². The third-order valence-corrected chi connectivity index (χ3v) is 18.7. The Morgan fingerprint density at radius 1 is 0.642 bits per heavy atom. The molecule has 610 valence electrons. The van der Waals surface area contributed by atoms with Gasteiger partial charge in [0, 0.05) is 37.0 Å². The molecule has 22 heteroatoms. The van der Waals surface area contributed by atoms with Gasteiger partial charge >= 0.3 is 31.7 Å². The lowest BCUT2D eigenvalue weighted by Crippen LogP contribution is -2.51. The molecule has 0 spiro atoms. The molecule has 17 nitrogen and oxygen atoms in total. The topological polar surface area (TPSA) is 187 Å². The lowest BCUT2D eigenvalue weighted by Gasteiger charge is -2.41. The van der Waals surface area contributed by atoms with Gasteiger partial charge in [-0.15, -0.1) is 0 Å². The van der Waals surface area contributed by atoms with Crippen LogP contribution in [0.2, 0.25) is 0 Å². The Hall–Kier alpha value is -9.23. The highest BCUT2D eigenvalue weighted by Gasteiger charge is 2.58. The number of anilines is 3. The molecule has 4 aromatic rings. The normalized spacial score (nSPS) is 18.5. The summed E-state index contributed by atoms with van der Waals surface area (Å²) in [6.07, 6.45) is 24.9. The Labute approximate surface area is 656 Å². The number of nitriles is 1. The third kappa shape index (κ3) is 29.6. The zero-order valence-electron chi connectivity index (χ0n) is 61.7. The second kappa shape index (κ2) is 48.3. The van der Waals surface area contributed by atoms with Gasteiger partial charge < -0.3 is 23.8 Å². The number of likely N-dealkylation sites (N-methyl/N-ethyl adjacent to an activating group) is 2. The minimum absolute atomic E-state index is 0. The van der Waals surface area contributed by atoms with Crippen LogP contribution in [0.1, 0.15) is 232 Å². The van der Waals surface area contributed by atoms with E-state index >= 15 is 0 Å². The summed E-state index contributed by atoms with van der Waals surface area (Å²) in [6.45, 7) is 34.6. The minimum atomic E-state index is -3.67. The fourth-order valence-corrected chi connectivity index (χ4v) is 11.7. The number of esters is 2. The second-order valence-electron chi connectivity index (χ2n) is 28.5. The molecule has 2 heterocycles. The van der Waals surface area contributed by atoms with Crippen LogP contribution in [0.15, 0.2) is 161 Å². The largest absolute Gasteiger partial charge is 0.762 e. The predicted molar refractivity (Wildman–Crippen MR) is 455 cm³/mol. The van der Waals surface area contributed by atoms with Crippen molar-refractivity contribution in [3.8, 4) is 17.6 Å². The number of nitrogens with zero attached hydrogens (tertiary/aromatic N) is 8. The number of ether oxygens (including phenoxy) is 4. The summed E-state index contributed by atoms with van der Waals surface area (Å²) in [7, 11) is 2.16. The van der Waals surface area contributed by atoms with Crippen LogP contribution < -0.4 is 24.4 Å².